The van der Waals surface area contributed by atoms with E-state index in [1.54, 1.807) is 22.9 Å². The lowest BCUT2D eigenvalue weighted by Gasteiger charge is -2.25. The van der Waals surface area contributed by atoms with E-state index in [4.69, 9.17) is 0 Å². The van der Waals surface area contributed by atoms with Gasteiger partial charge in [0, 0.05) is 29.8 Å². The number of rotatable bonds is 3. The summed E-state index contributed by atoms with van der Waals surface area (Å²) in [4.78, 5) is 33.6. The Kier molecular flexibility index (Phi) is 4.47. The van der Waals surface area contributed by atoms with Gasteiger partial charge in [0.25, 0.3) is 5.56 Å². The number of aryl methyl sites for hydroxylation is 1. The lowest BCUT2D eigenvalue weighted by atomic mass is 10.1. The van der Waals surface area contributed by atoms with Crippen molar-refractivity contribution in [1.29, 1.82) is 0 Å². The number of carbonyl (C=O) groups is 1. The number of thioether (sulfide) groups is 1. The summed E-state index contributed by atoms with van der Waals surface area (Å²) in [6.45, 7) is 4.17. The molecule has 3 rings (SSSR count). The third-order valence-electron chi connectivity index (χ3n) is 3.89. The van der Waals surface area contributed by atoms with E-state index in [-0.39, 0.29) is 17.4 Å². The number of nitrogens with one attached hydrogen (secondary N) is 1. The average molecular weight is 330 g/mol. The van der Waals surface area contributed by atoms with Crippen molar-refractivity contribution in [2.75, 3.05) is 11.1 Å². The van der Waals surface area contributed by atoms with Crippen LogP contribution in [0.25, 0.3) is 0 Å². The fraction of sp³-hybridized carbons (Fsp3) is 0.375. The SMILES string of the molecule is CCc1c(C)nc2n(c1=O)CC(C(=O)Nc1ccccn1)CS2. The number of hydrogen-bond acceptors (Lipinski definition) is 5. The fourth-order valence-electron chi connectivity index (χ4n) is 2.63. The number of aromatic nitrogens is 3. The Labute approximate surface area is 138 Å². The molecular weight excluding hydrogens is 312 g/mol. The normalized spacial score (nSPS) is 16.7. The van der Waals surface area contributed by atoms with Gasteiger partial charge in [0.1, 0.15) is 5.82 Å². The van der Waals surface area contributed by atoms with Crippen LogP contribution in [0.1, 0.15) is 18.2 Å². The predicted octanol–water partition coefficient (Wildman–Crippen LogP) is 1.87. The highest BCUT2D eigenvalue weighted by atomic mass is 32.2. The first kappa shape index (κ1) is 15.7. The molecule has 1 aliphatic rings. The first-order chi connectivity index (χ1) is 11.1. The number of anilines is 1. The lowest BCUT2D eigenvalue weighted by molar-refractivity contribution is -0.119. The van der Waals surface area contributed by atoms with Crippen molar-refractivity contribution in [2.24, 2.45) is 5.92 Å². The molecule has 0 spiro atoms. The first-order valence-electron chi connectivity index (χ1n) is 7.55. The zero-order valence-electron chi connectivity index (χ0n) is 13.1. The molecule has 0 fully saturated rings. The summed E-state index contributed by atoms with van der Waals surface area (Å²) in [5.41, 5.74) is 1.48. The molecule has 7 heteroatoms. The van der Waals surface area contributed by atoms with Crippen LogP contribution in [-0.4, -0.2) is 26.2 Å². The van der Waals surface area contributed by atoms with E-state index in [1.807, 2.05) is 19.9 Å². The van der Waals surface area contributed by atoms with Gasteiger partial charge >= 0.3 is 0 Å². The van der Waals surface area contributed by atoms with Gasteiger partial charge < -0.3 is 5.32 Å². The lowest BCUT2D eigenvalue weighted by Crippen LogP contribution is -2.38. The van der Waals surface area contributed by atoms with E-state index in [1.165, 1.54) is 11.8 Å². The van der Waals surface area contributed by atoms with Crippen molar-refractivity contribution in [3.63, 3.8) is 0 Å². The van der Waals surface area contributed by atoms with Crippen LogP contribution in [0.2, 0.25) is 0 Å². The Hall–Kier alpha value is -2.15. The maximum Gasteiger partial charge on any atom is 0.257 e. The second-order valence-electron chi connectivity index (χ2n) is 5.44. The zero-order valence-corrected chi connectivity index (χ0v) is 13.9. The van der Waals surface area contributed by atoms with Crippen LogP contribution in [0, 0.1) is 12.8 Å². The van der Waals surface area contributed by atoms with Crippen molar-refractivity contribution in [2.45, 2.75) is 32.0 Å². The summed E-state index contributed by atoms with van der Waals surface area (Å²) in [6, 6.07) is 5.36. The van der Waals surface area contributed by atoms with Crippen LogP contribution in [-0.2, 0) is 17.8 Å². The predicted molar refractivity (Wildman–Crippen MR) is 89.7 cm³/mol. The van der Waals surface area contributed by atoms with Crippen molar-refractivity contribution in [3.05, 3.63) is 46.0 Å². The highest BCUT2D eigenvalue weighted by Gasteiger charge is 2.28. The largest absolute Gasteiger partial charge is 0.310 e. The van der Waals surface area contributed by atoms with Crippen LogP contribution in [0.4, 0.5) is 5.82 Å². The van der Waals surface area contributed by atoms with E-state index < -0.39 is 0 Å². The minimum absolute atomic E-state index is 0.0298. The minimum atomic E-state index is -0.276. The molecule has 3 heterocycles. The fourth-order valence-corrected chi connectivity index (χ4v) is 3.75. The average Bonchev–Trinajstić information content (AvgIpc) is 2.56. The molecule has 2 aromatic heterocycles. The maximum absolute atomic E-state index is 12.6. The van der Waals surface area contributed by atoms with Crippen molar-refractivity contribution in [3.8, 4) is 0 Å². The smallest absolute Gasteiger partial charge is 0.257 e. The summed E-state index contributed by atoms with van der Waals surface area (Å²) in [5, 5.41) is 3.50. The van der Waals surface area contributed by atoms with Crippen molar-refractivity contribution in [1.82, 2.24) is 14.5 Å². The number of amides is 1. The van der Waals surface area contributed by atoms with Gasteiger partial charge in [0.05, 0.1) is 5.92 Å². The third-order valence-corrected chi connectivity index (χ3v) is 5.03. The molecule has 6 nitrogen and oxygen atoms in total. The second kappa shape index (κ2) is 6.54. The Balaban J connectivity index is 1.82. The van der Waals surface area contributed by atoms with Crippen molar-refractivity contribution >= 4 is 23.5 Å². The van der Waals surface area contributed by atoms with Crippen LogP contribution < -0.4 is 10.9 Å². The number of pyridine rings is 1. The molecule has 23 heavy (non-hydrogen) atoms. The summed E-state index contributed by atoms with van der Waals surface area (Å²) < 4.78 is 1.63. The molecule has 1 amide bonds. The van der Waals surface area contributed by atoms with Crippen molar-refractivity contribution < 1.29 is 4.79 Å². The quantitative estimate of drug-likeness (QED) is 0.870. The van der Waals surface area contributed by atoms with Gasteiger partial charge in [-0.25, -0.2) is 9.97 Å². The van der Waals surface area contributed by atoms with Gasteiger partial charge in [-0.05, 0) is 25.5 Å². The standard InChI is InChI=1S/C16H18N4O2S/c1-3-12-10(2)18-16-20(15(12)22)8-11(9-23-16)14(21)19-13-6-4-5-7-17-13/h4-7,11H,3,8-9H2,1-2H3,(H,17,19,21). The van der Waals surface area contributed by atoms with Gasteiger partial charge in [-0.15, -0.1) is 0 Å². The third kappa shape index (κ3) is 3.14. The molecule has 0 saturated heterocycles. The van der Waals surface area contributed by atoms with Crippen LogP contribution in [0.5, 0.6) is 0 Å². The molecule has 1 N–H and O–H groups in total. The van der Waals surface area contributed by atoms with Gasteiger partial charge in [0.2, 0.25) is 5.91 Å². The first-order valence-corrected chi connectivity index (χ1v) is 8.53. The molecule has 1 aliphatic heterocycles. The highest BCUT2D eigenvalue weighted by Crippen LogP contribution is 2.26. The Morgan fingerprint density at radius 3 is 3.00 bits per heavy atom. The minimum Gasteiger partial charge on any atom is -0.310 e. The van der Waals surface area contributed by atoms with Crippen LogP contribution >= 0.6 is 11.8 Å². The molecule has 0 bridgehead atoms. The zero-order chi connectivity index (χ0) is 16.4. The Bertz CT molecular complexity index is 789. The monoisotopic (exact) mass is 330 g/mol. The van der Waals surface area contributed by atoms with E-state index in [9.17, 15) is 9.59 Å². The Morgan fingerprint density at radius 1 is 1.48 bits per heavy atom. The molecular formula is C16H18N4O2S. The molecule has 0 radical (unpaired) electrons. The number of fused-ring (bicyclic) bond motifs is 1. The summed E-state index contributed by atoms with van der Waals surface area (Å²) in [5.74, 6) is 0.737. The topological polar surface area (TPSA) is 76.9 Å². The molecule has 1 unspecified atom stereocenters. The maximum atomic E-state index is 12.6. The molecule has 1 atom stereocenters. The molecule has 120 valence electrons. The van der Waals surface area contributed by atoms with E-state index in [0.717, 1.165) is 11.3 Å². The van der Waals surface area contributed by atoms with Gasteiger partial charge in [-0.2, -0.15) is 0 Å². The summed E-state index contributed by atoms with van der Waals surface area (Å²) >= 11 is 1.45. The Morgan fingerprint density at radius 2 is 2.30 bits per heavy atom. The molecule has 0 saturated carbocycles. The second-order valence-corrected chi connectivity index (χ2v) is 6.43. The van der Waals surface area contributed by atoms with Gasteiger partial charge in [0.15, 0.2) is 5.16 Å². The number of nitrogens with zero attached hydrogens (tertiary/aromatic N) is 3. The number of carbonyl (C=O) groups excluding carboxylic acids is 1. The molecule has 0 aromatic carbocycles. The van der Waals surface area contributed by atoms with Crippen LogP contribution in [0.3, 0.4) is 0 Å². The van der Waals surface area contributed by atoms with E-state index in [2.05, 4.69) is 15.3 Å². The van der Waals surface area contributed by atoms with E-state index in [0.29, 0.717) is 29.7 Å². The van der Waals surface area contributed by atoms with Crippen LogP contribution in [0.15, 0.2) is 34.3 Å². The highest BCUT2D eigenvalue weighted by molar-refractivity contribution is 7.99. The molecule has 0 aliphatic carbocycles. The van der Waals surface area contributed by atoms with Gasteiger partial charge in [-0.3, -0.25) is 14.2 Å². The van der Waals surface area contributed by atoms with Gasteiger partial charge in [-0.1, -0.05) is 24.8 Å². The number of hydrogen-bond donors (Lipinski definition) is 1. The molecule has 2 aromatic rings. The summed E-state index contributed by atoms with van der Waals surface area (Å²) in [6.07, 6.45) is 2.28. The van der Waals surface area contributed by atoms with E-state index >= 15 is 0 Å². The summed E-state index contributed by atoms with van der Waals surface area (Å²) in [7, 11) is 0.